The van der Waals surface area contributed by atoms with Gasteiger partial charge in [-0.25, -0.2) is 9.78 Å². The van der Waals surface area contributed by atoms with E-state index in [1.807, 2.05) is 40.8 Å². The molecule has 2 aliphatic rings. The van der Waals surface area contributed by atoms with Crippen molar-refractivity contribution in [1.82, 2.24) is 14.8 Å². The summed E-state index contributed by atoms with van der Waals surface area (Å²) in [6.07, 6.45) is 1.65. The van der Waals surface area contributed by atoms with Crippen LogP contribution in [0.4, 0.5) is 10.6 Å². The highest BCUT2D eigenvalue weighted by atomic mass is 16.6. The van der Waals surface area contributed by atoms with E-state index in [4.69, 9.17) is 9.47 Å². The van der Waals surface area contributed by atoms with Crippen molar-refractivity contribution in [2.45, 2.75) is 53.3 Å². The smallest absolute Gasteiger partial charge is 0.410 e. The summed E-state index contributed by atoms with van der Waals surface area (Å²) in [6, 6.07) is 2.13. The highest BCUT2D eigenvalue weighted by Gasteiger charge is 2.29. The number of carbonyl (C=O) groups is 1. The molecule has 0 bridgehead atoms. The van der Waals surface area contributed by atoms with E-state index in [2.05, 4.69) is 20.9 Å². The minimum absolute atomic E-state index is 0.262. The molecular weight excluding hydrogens is 356 g/mol. The number of hydrogen-bond donors (Lipinski definition) is 0. The molecule has 0 atom stereocenters. The van der Waals surface area contributed by atoms with Crippen LogP contribution < -0.4 is 4.90 Å². The van der Waals surface area contributed by atoms with Gasteiger partial charge in [0.1, 0.15) is 11.4 Å². The van der Waals surface area contributed by atoms with Crippen LogP contribution in [0.15, 0.2) is 12.3 Å². The number of rotatable bonds is 4. The number of amides is 1. The second-order valence-electron chi connectivity index (χ2n) is 7.97. The highest BCUT2D eigenvalue weighted by Crippen LogP contribution is 2.27. The van der Waals surface area contributed by atoms with Crippen LogP contribution in [0.5, 0.6) is 0 Å². The van der Waals surface area contributed by atoms with Crippen molar-refractivity contribution >= 4 is 11.9 Å². The Morgan fingerprint density at radius 2 is 1.75 bits per heavy atom. The molecule has 1 fully saturated rings. The average Bonchev–Trinajstić information content (AvgIpc) is 3.10. The number of piperazine rings is 1. The molecule has 0 N–H and O–H groups in total. The lowest BCUT2D eigenvalue weighted by atomic mass is 10.2. The van der Waals surface area contributed by atoms with Crippen molar-refractivity contribution < 1.29 is 14.3 Å². The van der Waals surface area contributed by atoms with E-state index >= 15 is 0 Å². The minimum Gasteiger partial charge on any atom is -0.444 e. The zero-order valence-corrected chi connectivity index (χ0v) is 18.3. The number of nitrogens with zero attached hydrogens (tertiary/aromatic N) is 4. The maximum Gasteiger partial charge on any atom is 0.410 e. The number of ether oxygens (including phenoxy) is 2. The maximum atomic E-state index is 12.3. The molecule has 0 radical (unpaired) electrons. The van der Waals surface area contributed by atoms with E-state index in [9.17, 15) is 4.79 Å². The average molecular weight is 393 g/mol. The van der Waals surface area contributed by atoms with Gasteiger partial charge in [0.25, 0.3) is 0 Å². The fourth-order valence-electron chi connectivity index (χ4n) is 3.32. The Kier molecular flexibility index (Phi) is 8.07. The maximum absolute atomic E-state index is 12.3. The second kappa shape index (κ2) is 10.1. The van der Waals surface area contributed by atoms with Crippen LogP contribution in [0.25, 0.3) is 0 Å². The second-order valence-corrected chi connectivity index (χ2v) is 7.97. The third-order valence-electron chi connectivity index (χ3n) is 4.75. The van der Waals surface area contributed by atoms with Crippen molar-refractivity contribution in [3.05, 3.63) is 23.4 Å². The zero-order chi connectivity index (χ0) is 20.7. The summed E-state index contributed by atoms with van der Waals surface area (Å²) in [4.78, 5) is 23.4. The van der Waals surface area contributed by atoms with Crippen LogP contribution in [0.1, 0.15) is 45.7 Å². The highest BCUT2D eigenvalue weighted by molar-refractivity contribution is 5.69. The van der Waals surface area contributed by atoms with E-state index in [0.29, 0.717) is 13.1 Å². The topological polar surface area (TPSA) is 58.1 Å². The molecule has 2 aliphatic heterocycles. The van der Waals surface area contributed by atoms with Gasteiger partial charge in [0.05, 0.1) is 13.2 Å². The van der Waals surface area contributed by atoms with E-state index in [1.54, 1.807) is 12.0 Å². The molecule has 1 saturated heterocycles. The first-order valence-corrected chi connectivity index (χ1v) is 10.3. The molecule has 7 nitrogen and oxygen atoms in total. The molecular formula is C21H36N4O3. The van der Waals surface area contributed by atoms with E-state index < -0.39 is 5.60 Å². The first kappa shape index (κ1) is 22.4. The number of methoxy groups -OCH3 is 1. The zero-order valence-electron chi connectivity index (χ0n) is 18.3. The van der Waals surface area contributed by atoms with Gasteiger partial charge < -0.3 is 14.4 Å². The monoisotopic (exact) mass is 392 g/mol. The van der Waals surface area contributed by atoms with Crippen LogP contribution in [0.2, 0.25) is 0 Å². The van der Waals surface area contributed by atoms with Crippen molar-refractivity contribution in [2.24, 2.45) is 0 Å². The van der Waals surface area contributed by atoms with Gasteiger partial charge in [0, 0.05) is 52.6 Å². The van der Waals surface area contributed by atoms with E-state index in [-0.39, 0.29) is 6.09 Å². The number of aromatic nitrogens is 1. The molecule has 1 aromatic rings. The fraction of sp³-hybridized carbons (Fsp3) is 0.714. The summed E-state index contributed by atoms with van der Waals surface area (Å²) in [6.45, 7) is 16.6. The van der Waals surface area contributed by atoms with E-state index in [1.165, 1.54) is 5.56 Å². The molecule has 158 valence electrons. The molecule has 7 heteroatoms. The minimum atomic E-state index is -0.474. The van der Waals surface area contributed by atoms with E-state index in [0.717, 1.165) is 50.7 Å². The number of anilines is 1. The molecule has 0 aliphatic carbocycles. The Labute approximate surface area is 169 Å². The first-order chi connectivity index (χ1) is 13.4. The van der Waals surface area contributed by atoms with Crippen molar-refractivity contribution in [2.75, 3.05) is 51.3 Å². The predicted octanol–water partition coefficient (Wildman–Crippen LogP) is 3.13. The summed E-state index contributed by atoms with van der Waals surface area (Å²) in [5, 5.41) is 0. The van der Waals surface area contributed by atoms with Crippen LogP contribution in [0.3, 0.4) is 0 Å². The summed E-state index contributed by atoms with van der Waals surface area (Å²) < 4.78 is 10.6. The van der Waals surface area contributed by atoms with Crippen LogP contribution >= 0.6 is 0 Å². The van der Waals surface area contributed by atoms with Gasteiger partial charge in [0.2, 0.25) is 0 Å². The van der Waals surface area contributed by atoms with Gasteiger partial charge in [-0.1, -0.05) is 13.8 Å². The lowest BCUT2D eigenvalue weighted by Gasteiger charge is -2.35. The van der Waals surface area contributed by atoms with Gasteiger partial charge in [-0.15, -0.1) is 0 Å². The Bertz CT molecular complexity index is 637. The summed E-state index contributed by atoms with van der Waals surface area (Å²) >= 11 is 0. The van der Waals surface area contributed by atoms with Gasteiger partial charge in [-0.2, -0.15) is 0 Å². The molecule has 3 heterocycles. The number of carbonyl (C=O) groups excluding carboxylic acids is 1. The Balaban J connectivity index is 0.00000136. The fourth-order valence-corrected chi connectivity index (χ4v) is 3.32. The standard InChI is InChI=1S/C19H30N4O3.C2H6/c1-19(2,3)26-18(24)23-13-15-11-17(20-12-16(15)14-23)22-7-5-21(6-8-22)9-10-25-4;1-2/h11-12H,5-10,13-14H2,1-4H3;1-2H3. The molecule has 28 heavy (non-hydrogen) atoms. The van der Waals surface area contributed by atoms with Crippen molar-refractivity contribution in [3.63, 3.8) is 0 Å². The van der Waals surface area contributed by atoms with Crippen LogP contribution in [0, 0.1) is 0 Å². The summed E-state index contributed by atoms with van der Waals surface area (Å²) in [5.74, 6) is 1.00. The first-order valence-electron chi connectivity index (χ1n) is 10.3. The molecule has 0 unspecified atom stereocenters. The lowest BCUT2D eigenvalue weighted by Crippen LogP contribution is -2.47. The SMILES string of the molecule is CC.COCCN1CCN(c2cc3c(cn2)CN(C(=O)OC(C)(C)C)C3)CC1. The third kappa shape index (κ3) is 6.07. The molecule has 1 aromatic heterocycles. The molecule has 0 spiro atoms. The number of hydrogen-bond acceptors (Lipinski definition) is 6. The Hall–Kier alpha value is -1.86. The molecule has 0 saturated carbocycles. The molecule has 0 aromatic carbocycles. The largest absolute Gasteiger partial charge is 0.444 e. The summed E-state index contributed by atoms with van der Waals surface area (Å²) in [7, 11) is 1.74. The van der Waals surface area contributed by atoms with Gasteiger partial charge in [-0.3, -0.25) is 9.80 Å². The molecule has 1 amide bonds. The number of pyridine rings is 1. The predicted molar refractivity (Wildman–Crippen MR) is 112 cm³/mol. The Morgan fingerprint density at radius 3 is 2.36 bits per heavy atom. The summed E-state index contributed by atoms with van der Waals surface area (Å²) in [5.41, 5.74) is 1.80. The quantitative estimate of drug-likeness (QED) is 0.785. The normalized spacial score (nSPS) is 17.1. The van der Waals surface area contributed by atoms with Gasteiger partial charge >= 0.3 is 6.09 Å². The third-order valence-corrected chi connectivity index (χ3v) is 4.75. The van der Waals surface area contributed by atoms with Crippen LogP contribution in [-0.4, -0.2) is 72.9 Å². The lowest BCUT2D eigenvalue weighted by molar-refractivity contribution is 0.0242. The van der Waals surface area contributed by atoms with Crippen molar-refractivity contribution in [3.8, 4) is 0 Å². The number of fused-ring (bicyclic) bond motifs is 1. The van der Waals surface area contributed by atoms with Crippen molar-refractivity contribution in [1.29, 1.82) is 0 Å². The van der Waals surface area contributed by atoms with Gasteiger partial charge in [0.15, 0.2) is 0 Å². The van der Waals surface area contributed by atoms with Crippen LogP contribution in [-0.2, 0) is 22.6 Å². The van der Waals surface area contributed by atoms with Gasteiger partial charge in [-0.05, 0) is 38.0 Å². The molecule has 3 rings (SSSR count). The Morgan fingerprint density at radius 1 is 1.11 bits per heavy atom.